The SMILES string of the molecule is CC(C)C[C@@H](NC(=O)NCCN(C)C1CCCC1)C(=O)O. The number of carboxylic acids is 1. The molecule has 122 valence electrons. The van der Waals surface area contributed by atoms with Crippen molar-refractivity contribution in [2.75, 3.05) is 20.1 Å². The van der Waals surface area contributed by atoms with Gasteiger partial charge in [-0.1, -0.05) is 26.7 Å². The number of carbonyl (C=O) groups is 2. The van der Waals surface area contributed by atoms with Crippen LogP contribution in [0.15, 0.2) is 0 Å². The van der Waals surface area contributed by atoms with E-state index in [-0.39, 0.29) is 5.92 Å². The van der Waals surface area contributed by atoms with Crippen molar-refractivity contribution in [2.45, 2.75) is 58.0 Å². The predicted molar refractivity (Wildman–Crippen MR) is 82.3 cm³/mol. The molecular weight excluding hydrogens is 270 g/mol. The van der Waals surface area contributed by atoms with E-state index in [1.165, 1.54) is 25.7 Å². The van der Waals surface area contributed by atoms with Crippen molar-refractivity contribution in [3.8, 4) is 0 Å². The zero-order chi connectivity index (χ0) is 15.8. The smallest absolute Gasteiger partial charge is 0.326 e. The molecule has 1 aliphatic carbocycles. The Morgan fingerprint density at radius 2 is 1.90 bits per heavy atom. The first kappa shape index (κ1) is 17.8. The summed E-state index contributed by atoms with van der Waals surface area (Å²) < 4.78 is 0. The summed E-state index contributed by atoms with van der Waals surface area (Å²) in [5.41, 5.74) is 0. The molecule has 1 saturated carbocycles. The number of aliphatic carboxylic acids is 1. The summed E-state index contributed by atoms with van der Waals surface area (Å²) in [6, 6.07) is -0.594. The van der Waals surface area contributed by atoms with Gasteiger partial charge in [0.05, 0.1) is 0 Å². The second kappa shape index (κ2) is 8.87. The van der Waals surface area contributed by atoms with Crippen molar-refractivity contribution in [3.63, 3.8) is 0 Å². The molecule has 0 aromatic heterocycles. The van der Waals surface area contributed by atoms with Crippen LogP contribution in [0.1, 0.15) is 46.0 Å². The topological polar surface area (TPSA) is 81.7 Å². The number of rotatable bonds is 8. The maximum absolute atomic E-state index is 11.7. The molecule has 0 saturated heterocycles. The Labute approximate surface area is 127 Å². The average molecular weight is 299 g/mol. The van der Waals surface area contributed by atoms with Crippen LogP contribution >= 0.6 is 0 Å². The van der Waals surface area contributed by atoms with E-state index in [4.69, 9.17) is 5.11 Å². The minimum Gasteiger partial charge on any atom is -0.480 e. The van der Waals surface area contributed by atoms with E-state index in [1.54, 1.807) is 0 Å². The summed E-state index contributed by atoms with van der Waals surface area (Å²) >= 11 is 0. The van der Waals surface area contributed by atoms with E-state index in [1.807, 2.05) is 13.8 Å². The monoisotopic (exact) mass is 299 g/mol. The van der Waals surface area contributed by atoms with Gasteiger partial charge in [-0.2, -0.15) is 0 Å². The van der Waals surface area contributed by atoms with Gasteiger partial charge < -0.3 is 20.6 Å². The molecule has 0 spiro atoms. The highest BCUT2D eigenvalue weighted by Gasteiger charge is 2.21. The Balaban J connectivity index is 2.24. The van der Waals surface area contributed by atoms with Gasteiger partial charge in [-0.15, -0.1) is 0 Å². The summed E-state index contributed by atoms with van der Waals surface area (Å²) in [6.07, 6.45) is 5.48. The molecule has 6 nitrogen and oxygen atoms in total. The van der Waals surface area contributed by atoms with Crippen LogP contribution in [-0.4, -0.2) is 54.2 Å². The number of amides is 2. The first-order chi connectivity index (χ1) is 9.90. The summed E-state index contributed by atoms with van der Waals surface area (Å²) in [5, 5.41) is 14.3. The normalized spacial score (nSPS) is 17.2. The minimum absolute atomic E-state index is 0.222. The number of hydrogen-bond acceptors (Lipinski definition) is 3. The Bertz CT molecular complexity index is 341. The van der Waals surface area contributed by atoms with E-state index in [2.05, 4.69) is 22.6 Å². The molecule has 21 heavy (non-hydrogen) atoms. The lowest BCUT2D eigenvalue weighted by Crippen LogP contribution is -2.48. The molecule has 2 amide bonds. The third kappa shape index (κ3) is 6.80. The minimum atomic E-state index is -0.984. The number of hydrogen-bond donors (Lipinski definition) is 3. The van der Waals surface area contributed by atoms with Crippen molar-refractivity contribution >= 4 is 12.0 Å². The fraction of sp³-hybridized carbons (Fsp3) is 0.867. The highest BCUT2D eigenvalue weighted by Crippen LogP contribution is 2.21. The van der Waals surface area contributed by atoms with Gasteiger partial charge in [0.2, 0.25) is 0 Å². The predicted octanol–water partition coefficient (Wildman–Crippen LogP) is 1.66. The summed E-state index contributed by atoms with van der Waals surface area (Å²) in [5.74, 6) is -0.762. The van der Waals surface area contributed by atoms with Gasteiger partial charge in [0.25, 0.3) is 0 Å². The Kier molecular flexibility index (Phi) is 7.50. The number of carboxylic acid groups (broad SMARTS) is 1. The van der Waals surface area contributed by atoms with Crippen LogP contribution in [0.5, 0.6) is 0 Å². The van der Waals surface area contributed by atoms with Crippen molar-refractivity contribution in [1.82, 2.24) is 15.5 Å². The Hall–Kier alpha value is -1.30. The van der Waals surface area contributed by atoms with Crippen LogP contribution in [0.4, 0.5) is 4.79 Å². The van der Waals surface area contributed by atoms with E-state index in [0.717, 1.165) is 6.54 Å². The average Bonchev–Trinajstić information content (AvgIpc) is 2.91. The lowest BCUT2D eigenvalue weighted by atomic mass is 10.0. The van der Waals surface area contributed by atoms with Crippen molar-refractivity contribution in [2.24, 2.45) is 5.92 Å². The van der Waals surface area contributed by atoms with Crippen LogP contribution in [0.25, 0.3) is 0 Å². The zero-order valence-electron chi connectivity index (χ0n) is 13.4. The molecule has 1 aliphatic rings. The van der Waals surface area contributed by atoms with E-state index in [9.17, 15) is 9.59 Å². The van der Waals surface area contributed by atoms with E-state index >= 15 is 0 Å². The molecule has 6 heteroatoms. The van der Waals surface area contributed by atoms with Crippen LogP contribution < -0.4 is 10.6 Å². The molecule has 0 aliphatic heterocycles. The van der Waals surface area contributed by atoms with Gasteiger partial charge in [0, 0.05) is 19.1 Å². The van der Waals surface area contributed by atoms with Crippen molar-refractivity contribution < 1.29 is 14.7 Å². The van der Waals surface area contributed by atoms with Crippen molar-refractivity contribution in [1.29, 1.82) is 0 Å². The van der Waals surface area contributed by atoms with Crippen LogP contribution in [0.3, 0.4) is 0 Å². The number of nitrogens with zero attached hydrogens (tertiary/aromatic N) is 1. The van der Waals surface area contributed by atoms with Gasteiger partial charge in [0.15, 0.2) is 0 Å². The van der Waals surface area contributed by atoms with Gasteiger partial charge in [0.1, 0.15) is 6.04 Å². The lowest BCUT2D eigenvalue weighted by molar-refractivity contribution is -0.139. The highest BCUT2D eigenvalue weighted by molar-refractivity contribution is 5.82. The quantitative estimate of drug-likeness (QED) is 0.636. The largest absolute Gasteiger partial charge is 0.480 e. The van der Waals surface area contributed by atoms with Gasteiger partial charge >= 0.3 is 12.0 Å². The first-order valence-electron chi connectivity index (χ1n) is 7.87. The molecular formula is C15H29N3O3. The third-order valence-electron chi connectivity index (χ3n) is 4.01. The molecule has 0 heterocycles. The lowest BCUT2D eigenvalue weighted by Gasteiger charge is -2.24. The highest BCUT2D eigenvalue weighted by atomic mass is 16.4. The summed E-state index contributed by atoms with van der Waals surface area (Å²) in [7, 11) is 2.08. The third-order valence-corrected chi connectivity index (χ3v) is 4.01. The maximum Gasteiger partial charge on any atom is 0.326 e. The number of carbonyl (C=O) groups excluding carboxylic acids is 1. The van der Waals surface area contributed by atoms with Crippen LogP contribution in [0, 0.1) is 5.92 Å². The molecule has 0 aromatic rings. The Morgan fingerprint density at radius 1 is 1.29 bits per heavy atom. The van der Waals surface area contributed by atoms with Crippen molar-refractivity contribution in [3.05, 3.63) is 0 Å². The van der Waals surface area contributed by atoms with Crippen LogP contribution in [-0.2, 0) is 4.79 Å². The first-order valence-corrected chi connectivity index (χ1v) is 7.87. The van der Waals surface area contributed by atoms with E-state index in [0.29, 0.717) is 19.0 Å². The number of likely N-dealkylation sites (N-methyl/N-ethyl adjacent to an activating group) is 1. The van der Waals surface area contributed by atoms with Crippen LogP contribution in [0.2, 0.25) is 0 Å². The van der Waals surface area contributed by atoms with Gasteiger partial charge in [-0.25, -0.2) is 9.59 Å². The molecule has 1 rings (SSSR count). The second-order valence-electron chi connectivity index (χ2n) is 6.34. The summed E-state index contributed by atoms with van der Waals surface area (Å²) in [4.78, 5) is 25.1. The molecule has 0 aromatic carbocycles. The molecule has 1 atom stereocenters. The maximum atomic E-state index is 11.7. The Morgan fingerprint density at radius 3 is 2.43 bits per heavy atom. The molecule has 0 radical (unpaired) electrons. The van der Waals surface area contributed by atoms with E-state index < -0.39 is 18.0 Å². The van der Waals surface area contributed by atoms with Gasteiger partial charge in [-0.05, 0) is 32.2 Å². The summed E-state index contributed by atoms with van der Waals surface area (Å²) in [6.45, 7) is 5.20. The number of nitrogens with one attached hydrogen (secondary N) is 2. The second-order valence-corrected chi connectivity index (χ2v) is 6.34. The fourth-order valence-electron chi connectivity index (χ4n) is 2.78. The zero-order valence-corrected chi connectivity index (χ0v) is 13.4. The molecule has 1 fully saturated rings. The molecule has 3 N–H and O–H groups in total. The van der Waals surface area contributed by atoms with Gasteiger partial charge in [-0.3, -0.25) is 0 Å². The molecule has 0 unspecified atom stereocenters. The standard InChI is InChI=1S/C15H29N3O3/c1-11(2)10-13(14(19)20)17-15(21)16-8-9-18(3)12-6-4-5-7-12/h11-13H,4-10H2,1-3H3,(H,19,20)(H2,16,17,21)/t13-/m1/s1. The fourth-order valence-corrected chi connectivity index (χ4v) is 2.78. The molecule has 0 bridgehead atoms. The number of urea groups is 1.